The summed E-state index contributed by atoms with van der Waals surface area (Å²) in [6.45, 7) is 0.371. The topological polar surface area (TPSA) is 115 Å². The van der Waals surface area contributed by atoms with Gasteiger partial charge in [0, 0.05) is 59.9 Å². The van der Waals surface area contributed by atoms with Crippen molar-refractivity contribution in [3.05, 3.63) is 82.3 Å². The molecule has 0 saturated carbocycles. The summed E-state index contributed by atoms with van der Waals surface area (Å²) in [4.78, 5) is 31.0. The van der Waals surface area contributed by atoms with Crippen molar-refractivity contribution in [1.29, 1.82) is 0 Å². The fourth-order valence-corrected chi connectivity index (χ4v) is 7.28. The number of carbonyl (C=O) groups is 2. The lowest BCUT2D eigenvalue weighted by atomic mass is 10.1. The first-order chi connectivity index (χ1) is 16.8. The Hall–Kier alpha value is -2.93. The number of aromatic nitrogens is 1. The molecule has 4 heterocycles. The Labute approximate surface area is 210 Å². The van der Waals surface area contributed by atoms with Gasteiger partial charge in [0.25, 0.3) is 15.9 Å². The number of nitrogens with zero attached hydrogens (tertiary/aromatic N) is 3. The van der Waals surface area contributed by atoms with Gasteiger partial charge in [0.05, 0.1) is 0 Å². The zero-order valence-electron chi connectivity index (χ0n) is 18.2. The maximum atomic E-state index is 13.2. The molecule has 1 aromatic carbocycles. The minimum atomic E-state index is -3.75. The zero-order chi connectivity index (χ0) is 24.7. The van der Waals surface area contributed by atoms with E-state index < -0.39 is 26.9 Å². The SMILES string of the molecule is O=C(C1=CC=C(c2ccncc2)[NH+]([O-])C1=O)N1CCN(S(=O)(=O)c2cc3ccc(Cl)cc3s2)CC1. The number of quaternary nitrogens is 1. The third-order valence-corrected chi connectivity index (χ3v) is 9.59. The average Bonchev–Trinajstić information content (AvgIpc) is 3.30. The number of piperazine rings is 1. The number of hydroxylamine groups is 2. The Morgan fingerprint density at radius 3 is 2.49 bits per heavy atom. The molecule has 2 aliphatic rings. The highest BCUT2D eigenvalue weighted by Crippen LogP contribution is 2.33. The van der Waals surface area contributed by atoms with Crippen molar-refractivity contribution in [1.82, 2.24) is 14.2 Å². The molecule has 180 valence electrons. The third-order valence-electron chi connectivity index (χ3n) is 5.91. The summed E-state index contributed by atoms with van der Waals surface area (Å²) in [6, 6.07) is 10.0. The number of thiophene rings is 1. The molecule has 1 N–H and O–H groups in total. The van der Waals surface area contributed by atoms with Crippen LogP contribution in [0.1, 0.15) is 5.56 Å². The molecule has 9 nitrogen and oxygen atoms in total. The molecular weight excluding hydrogens is 512 g/mol. The molecule has 1 unspecified atom stereocenters. The second-order valence-corrected chi connectivity index (χ2v) is 11.7. The van der Waals surface area contributed by atoms with Gasteiger partial charge in [0.1, 0.15) is 15.5 Å². The molecular formula is C23H19ClN4O5S2. The van der Waals surface area contributed by atoms with E-state index in [0.29, 0.717) is 10.6 Å². The van der Waals surface area contributed by atoms with Crippen LogP contribution in [0.4, 0.5) is 0 Å². The molecule has 5 rings (SSSR count). The van der Waals surface area contributed by atoms with Gasteiger partial charge >= 0.3 is 5.91 Å². The molecule has 0 bridgehead atoms. The predicted molar refractivity (Wildman–Crippen MR) is 132 cm³/mol. The van der Waals surface area contributed by atoms with Crippen LogP contribution < -0.4 is 5.06 Å². The number of benzene rings is 1. The number of fused-ring (bicyclic) bond motifs is 1. The second-order valence-electron chi connectivity index (χ2n) is 8.00. The van der Waals surface area contributed by atoms with Gasteiger partial charge in [-0.25, -0.2) is 13.2 Å². The Morgan fingerprint density at radius 2 is 1.77 bits per heavy atom. The normalized spacial score (nSPS) is 19.5. The highest BCUT2D eigenvalue weighted by molar-refractivity contribution is 7.91. The number of pyridine rings is 1. The van der Waals surface area contributed by atoms with Crippen LogP contribution in [-0.4, -0.2) is 60.6 Å². The van der Waals surface area contributed by atoms with Crippen LogP contribution in [0.5, 0.6) is 0 Å². The summed E-state index contributed by atoms with van der Waals surface area (Å²) in [5.74, 6) is -1.45. The molecule has 1 atom stereocenters. The zero-order valence-corrected chi connectivity index (χ0v) is 20.6. The smallest absolute Gasteiger partial charge is 0.354 e. The van der Waals surface area contributed by atoms with E-state index in [2.05, 4.69) is 4.98 Å². The number of rotatable bonds is 4. The van der Waals surface area contributed by atoms with Crippen LogP contribution in [-0.2, 0) is 19.6 Å². The number of allylic oxidation sites excluding steroid dienone is 2. The van der Waals surface area contributed by atoms with Crippen molar-refractivity contribution in [2.24, 2.45) is 0 Å². The summed E-state index contributed by atoms with van der Waals surface area (Å²) in [5.41, 5.74) is 0.531. The van der Waals surface area contributed by atoms with E-state index in [-0.39, 0.29) is 41.7 Å². The van der Waals surface area contributed by atoms with Gasteiger partial charge in [0.2, 0.25) is 0 Å². The molecule has 1 saturated heterocycles. The second kappa shape index (κ2) is 9.26. The van der Waals surface area contributed by atoms with Gasteiger partial charge in [-0.3, -0.25) is 14.8 Å². The van der Waals surface area contributed by atoms with Gasteiger partial charge in [-0.1, -0.05) is 17.7 Å². The van der Waals surface area contributed by atoms with E-state index in [1.165, 1.54) is 33.8 Å². The number of halogens is 1. The molecule has 2 aromatic heterocycles. The number of hydrogen-bond donors (Lipinski definition) is 1. The van der Waals surface area contributed by atoms with Crippen molar-refractivity contribution >= 4 is 60.6 Å². The summed E-state index contributed by atoms with van der Waals surface area (Å²) >= 11 is 7.16. The fourth-order valence-electron chi connectivity index (χ4n) is 4.03. The van der Waals surface area contributed by atoms with E-state index in [1.54, 1.807) is 36.4 Å². The average molecular weight is 531 g/mol. The van der Waals surface area contributed by atoms with Crippen LogP contribution in [0.3, 0.4) is 0 Å². The predicted octanol–water partition coefficient (Wildman–Crippen LogP) is 1.67. The lowest BCUT2D eigenvalue weighted by Gasteiger charge is -2.34. The Balaban J connectivity index is 1.30. The maximum absolute atomic E-state index is 13.2. The number of sulfonamides is 1. The molecule has 2 aliphatic heterocycles. The first-order valence-corrected chi connectivity index (χ1v) is 13.3. The van der Waals surface area contributed by atoms with Crippen molar-refractivity contribution < 1.29 is 23.1 Å². The largest absolute Gasteiger partial charge is 0.621 e. The van der Waals surface area contributed by atoms with Crippen LogP contribution in [0.15, 0.2) is 70.7 Å². The van der Waals surface area contributed by atoms with Gasteiger partial charge in [0.15, 0.2) is 0 Å². The summed E-state index contributed by atoms with van der Waals surface area (Å²) in [7, 11) is -3.75. The van der Waals surface area contributed by atoms with Crippen LogP contribution in [0, 0.1) is 5.21 Å². The highest BCUT2D eigenvalue weighted by atomic mass is 35.5. The maximum Gasteiger partial charge on any atom is 0.354 e. The molecule has 1 fully saturated rings. The van der Waals surface area contributed by atoms with E-state index in [1.807, 2.05) is 0 Å². The quantitative estimate of drug-likeness (QED) is 0.405. The minimum absolute atomic E-state index is 0.0800. The Bertz CT molecular complexity index is 1490. The van der Waals surface area contributed by atoms with Crippen molar-refractivity contribution in [3.63, 3.8) is 0 Å². The van der Waals surface area contributed by atoms with Gasteiger partial charge in [-0.05, 0) is 41.8 Å². The number of amides is 2. The van der Waals surface area contributed by atoms with Crippen molar-refractivity contribution in [2.45, 2.75) is 4.21 Å². The lowest BCUT2D eigenvalue weighted by Crippen LogP contribution is -3.08. The fraction of sp³-hybridized carbons (Fsp3) is 0.174. The monoisotopic (exact) mass is 530 g/mol. The summed E-state index contributed by atoms with van der Waals surface area (Å²) in [5, 5.41) is 13.2. The van der Waals surface area contributed by atoms with Gasteiger partial charge in [-0.15, -0.1) is 11.3 Å². The highest BCUT2D eigenvalue weighted by Gasteiger charge is 2.36. The van der Waals surface area contributed by atoms with Crippen molar-refractivity contribution in [2.75, 3.05) is 26.2 Å². The van der Waals surface area contributed by atoms with E-state index in [0.717, 1.165) is 21.4 Å². The third kappa shape index (κ3) is 4.42. The number of carbonyl (C=O) groups excluding carboxylic acids is 2. The Morgan fingerprint density at radius 1 is 1.06 bits per heavy atom. The molecule has 12 heteroatoms. The van der Waals surface area contributed by atoms with E-state index in [9.17, 15) is 23.2 Å². The first-order valence-electron chi connectivity index (χ1n) is 10.7. The van der Waals surface area contributed by atoms with Gasteiger partial charge in [-0.2, -0.15) is 4.31 Å². The number of nitrogens with one attached hydrogen (secondary N) is 1. The molecule has 0 radical (unpaired) electrons. The van der Waals surface area contributed by atoms with E-state index >= 15 is 0 Å². The van der Waals surface area contributed by atoms with Crippen LogP contribution in [0.25, 0.3) is 15.8 Å². The van der Waals surface area contributed by atoms with E-state index in [4.69, 9.17) is 11.6 Å². The van der Waals surface area contributed by atoms with Gasteiger partial charge < -0.3 is 10.1 Å². The first kappa shape index (κ1) is 23.8. The van der Waals surface area contributed by atoms with Crippen LogP contribution in [0.2, 0.25) is 5.02 Å². The number of hydrogen-bond acceptors (Lipinski definition) is 7. The van der Waals surface area contributed by atoms with Crippen molar-refractivity contribution in [3.8, 4) is 0 Å². The van der Waals surface area contributed by atoms with Crippen LogP contribution >= 0.6 is 22.9 Å². The minimum Gasteiger partial charge on any atom is -0.621 e. The lowest BCUT2D eigenvalue weighted by molar-refractivity contribution is -0.678. The molecule has 2 amide bonds. The standard InChI is InChI=1S/C23H19ClN4O5S2/c24-17-2-1-16-13-21(34-20(16)14-17)35(32,33)27-11-9-26(10-12-27)22(29)18-3-4-19(28(31)23(18)30)15-5-7-25-8-6-15/h1-8,13-14,28H,9-12H2. The molecule has 0 aliphatic carbocycles. The molecule has 35 heavy (non-hydrogen) atoms. The summed E-state index contributed by atoms with van der Waals surface area (Å²) < 4.78 is 28.6. The molecule has 3 aromatic rings. The molecule has 0 spiro atoms. The Kier molecular flexibility index (Phi) is 6.30. The summed E-state index contributed by atoms with van der Waals surface area (Å²) in [6.07, 6.45) is 5.84.